The van der Waals surface area contributed by atoms with E-state index in [1.165, 1.54) is 6.33 Å². The van der Waals surface area contributed by atoms with Crippen molar-refractivity contribution in [3.63, 3.8) is 0 Å². The molecule has 1 aliphatic rings. The van der Waals surface area contributed by atoms with Crippen LogP contribution in [-0.2, 0) is 4.79 Å². The zero-order valence-corrected chi connectivity index (χ0v) is 10.3. The van der Waals surface area contributed by atoms with Crippen LogP contribution in [0.2, 0.25) is 0 Å². The number of anilines is 2. The van der Waals surface area contributed by atoms with Gasteiger partial charge >= 0.3 is 0 Å². The number of amides is 1. The first-order valence-corrected chi connectivity index (χ1v) is 5.76. The molecule has 0 spiro atoms. The van der Waals surface area contributed by atoms with Gasteiger partial charge in [-0.1, -0.05) is 0 Å². The number of ether oxygens (including phenoxy) is 1. The Kier molecular flexibility index (Phi) is 2.56. The molecule has 2 aromatic rings. The monoisotopic (exact) mass is 256 g/mol. The highest BCUT2D eigenvalue weighted by Crippen LogP contribution is 2.34. The third-order valence-corrected chi connectivity index (χ3v) is 3.03. The van der Waals surface area contributed by atoms with Gasteiger partial charge in [-0.05, 0) is 18.2 Å². The lowest BCUT2D eigenvalue weighted by atomic mass is 10.1. The summed E-state index contributed by atoms with van der Waals surface area (Å²) in [6.07, 6.45) is 1.41. The number of hydrogen-bond acceptors (Lipinski definition) is 5. The number of hydrogen-bond donors (Lipinski definition) is 1. The number of fused-ring (bicyclic) bond motifs is 1. The Morgan fingerprint density at radius 3 is 2.95 bits per heavy atom. The van der Waals surface area contributed by atoms with Crippen LogP contribution < -0.4 is 15.4 Å². The fraction of sp³-hybridized carbons (Fsp3) is 0.154. The van der Waals surface area contributed by atoms with Gasteiger partial charge in [0.05, 0.1) is 11.4 Å². The van der Waals surface area contributed by atoms with E-state index in [-0.39, 0.29) is 12.5 Å². The van der Waals surface area contributed by atoms with Crippen LogP contribution in [0.3, 0.4) is 0 Å². The molecular weight excluding hydrogens is 244 g/mol. The number of benzene rings is 1. The van der Waals surface area contributed by atoms with Gasteiger partial charge in [-0.2, -0.15) is 0 Å². The fourth-order valence-electron chi connectivity index (χ4n) is 1.96. The maximum atomic E-state index is 11.6. The number of aromatic nitrogens is 2. The van der Waals surface area contributed by atoms with Crippen LogP contribution in [0.25, 0.3) is 11.3 Å². The number of rotatable bonds is 1. The summed E-state index contributed by atoms with van der Waals surface area (Å²) in [4.78, 5) is 21.2. The first-order valence-electron chi connectivity index (χ1n) is 5.76. The summed E-state index contributed by atoms with van der Waals surface area (Å²) in [5, 5.41) is 0. The van der Waals surface area contributed by atoms with E-state index in [9.17, 15) is 4.79 Å². The van der Waals surface area contributed by atoms with Gasteiger partial charge in [-0.3, -0.25) is 4.79 Å². The summed E-state index contributed by atoms with van der Waals surface area (Å²) in [5.41, 5.74) is 7.94. The van der Waals surface area contributed by atoms with E-state index in [1.54, 1.807) is 18.0 Å². The molecule has 1 amide bonds. The minimum absolute atomic E-state index is 0.0727. The van der Waals surface area contributed by atoms with Gasteiger partial charge in [0.2, 0.25) is 0 Å². The first kappa shape index (κ1) is 11.5. The standard InChI is InChI=1S/C13H12N4O2/c1-17-10-4-8(9-5-12(14)16-7-15-9)2-3-11(10)19-6-13(17)18/h2-5,7H,6H2,1H3,(H2,14,15,16). The summed E-state index contributed by atoms with van der Waals surface area (Å²) >= 11 is 0. The predicted molar refractivity (Wildman–Crippen MR) is 70.8 cm³/mol. The number of nitrogen functional groups attached to an aromatic ring is 1. The van der Waals surface area contributed by atoms with Crippen molar-refractivity contribution in [2.24, 2.45) is 0 Å². The molecular formula is C13H12N4O2. The van der Waals surface area contributed by atoms with Crippen LogP contribution in [0.4, 0.5) is 11.5 Å². The average molecular weight is 256 g/mol. The second-order valence-corrected chi connectivity index (χ2v) is 4.25. The zero-order valence-electron chi connectivity index (χ0n) is 10.3. The van der Waals surface area contributed by atoms with Gasteiger partial charge in [0, 0.05) is 18.7 Å². The normalized spacial score (nSPS) is 13.9. The molecule has 19 heavy (non-hydrogen) atoms. The molecule has 96 valence electrons. The van der Waals surface area contributed by atoms with Crippen molar-refractivity contribution >= 4 is 17.4 Å². The van der Waals surface area contributed by atoms with Crippen LogP contribution >= 0.6 is 0 Å². The van der Waals surface area contributed by atoms with Crippen LogP contribution in [0, 0.1) is 0 Å². The molecule has 0 saturated heterocycles. The molecule has 0 unspecified atom stereocenters. The molecule has 3 rings (SSSR count). The second kappa shape index (κ2) is 4.24. The van der Waals surface area contributed by atoms with E-state index in [1.807, 2.05) is 18.2 Å². The van der Waals surface area contributed by atoms with Gasteiger partial charge in [0.15, 0.2) is 6.61 Å². The first-order chi connectivity index (χ1) is 9.15. The van der Waals surface area contributed by atoms with Crippen LogP contribution in [-0.4, -0.2) is 29.5 Å². The number of likely N-dealkylation sites (N-methyl/N-ethyl adjacent to an activating group) is 1. The van der Waals surface area contributed by atoms with E-state index >= 15 is 0 Å². The van der Waals surface area contributed by atoms with Gasteiger partial charge in [0.25, 0.3) is 5.91 Å². The minimum atomic E-state index is -0.0770. The summed E-state index contributed by atoms with van der Waals surface area (Å²) in [7, 11) is 1.72. The second-order valence-electron chi connectivity index (χ2n) is 4.25. The Morgan fingerprint density at radius 1 is 1.32 bits per heavy atom. The third-order valence-electron chi connectivity index (χ3n) is 3.03. The number of nitrogens with two attached hydrogens (primary N) is 1. The topological polar surface area (TPSA) is 81.3 Å². The Hall–Kier alpha value is -2.63. The Labute approximate surface area is 109 Å². The number of carbonyl (C=O) groups is 1. The van der Waals surface area contributed by atoms with Crippen LogP contribution in [0.15, 0.2) is 30.6 Å². The lowest BCUT2D eigenvalue weighted by Gasteiger charge is -2.26. The van der Waals surface area contributed by atoms with E-state index in [4.69, 9.17) is 10.5 Å². The van der Waals surface area contributed by atoms with E-state index < -0.39 is 0 Å². The van der Waals surface area contributed by atoms with Crippen molar-refractivity contribution in [1.29, 1.82) is 0 Å². The van der Waals surface area contributed by atoms with Crippen molar-refractivity contribution in [3.05, 3.63) is 30.6 Å². The van der Waals surface area contributed by atoms with Crippen molar-refractivity contribution in [2.45, 2.75) is 0 Å². The molecule has 0 saturated carbocycles. The van der Waals surface area contributed by atoms with Crippen molar-refractivity contribution in [1.82, 2.24) is 9.97 Å². The predicted octanol–water partition coefficient (Wildman–Crippen LogP) is 1.08. The largest absolute Gasteiger partial charge is 0.482 e. The molecule has 2 N–H and O–H groups in total. The molecule has 6 nitrogen and oxygen atoms in total. The van der Waals surface area contributed by atoms with Crippen LogP contribution in [0.1, 0.15) is 0 Å². The lowest BCUT2D eigenvalue weighted by Crippen LogP contribution is -2.35. The van der Waals surface area contributed by atoms with Gasteiger partial charge < -0.3 is 15.4 Å². The maximum absolute atomic E-state index is 11.6. The molecule has 0 fully saturated rings. The highest BCUT2D eigenvalue weighted by Gasteiger charge is 2.22. The summed E-state index contributed by atoms with van der Waals surface area (Å²) < 4.78 is 5.37. The quantitative estimate of drug-likeness (QED) is 0.825. The Balaban J connectivity index is 2.08. The van der Waals surface area contributed by atoms with E-state index in [0.29, 0.717) is 17.3 Å². The lowest BCUT2D eigenvalue weighted by molar-refractivity contribution is -0.120. The summed E-state index contributed by atoms with van der Waals surface area (Å²) in [6, 6.07) is 7.25. The van der Waals surface area contributed by atoms with Crippen molar-refractivity contribution in [3.8, 4) is 17.0 Å². The maximum Gasteiger partial charge on any atom is 0.264 e. The third kappa shape index (κ3) is 1.97. The van der Waals surface area contributed by atoms with Crippen LogP contribution in [0.5, 0.6) is 5.75 Å². The highest BCUT2D eigenvalue weighted by atomic mass is 16.5. The Bertz CT molecular complexity index is 657. The molecule has 0 atom stereocenters. The molecule has 0 bridgehead atoms. The minimum Gasteiger partial charge on any atom is -0.482 e. The van der Waals surface area contributed by atoms with Crippen molar-refractivity contribution < 1.29 is 9.53 Å². The van der Waals surface area contributed by atoms with E-state index in [2.05, 4.69) is 9.97 Å². The highest BCUT2D eigenvalue weighted by molar-refractivity contribution is 5.98. The fourth-order valence-corrected chi connectivity index (χ4v) is 1.96. The molecule has 1 aromatic carbocycles. The molecule has 0 radical (unpaired) electrons. The molecule has 6 heteroatoms. The molecule has 1 aromatic heterocycles. The van der Waals surface area contributed by atoms with Crippen molar-refractivity contribution in [2.75, 3.05) is 24.3 Å². The molecule has 0 aliphatic carbocycles. The van der Waals surface area contributed by atoms with Gasteiger partial charge in [-0.25, -0.2) is 9.97 Å². The number of carbonyl (C=O) groups excluding carboxylic acids is 1. The Morgan fingerprint density at radius 2 is 2.16 bits per heavy atom. The smallest absolute Gasteiger partial charge is 0.264 e. The summed E-state index contributed by atoms with van der Waals surface area (Å²) in [5.74, 6) is 1.02. The average Bonchev–Trinajstić information content (AvgIpc) is 2.43. The van der Waals surface area contributed by atoms with E-state index in [0.717, 1.165) is 11.3 Å². The molecule has 1 aliphatic heterocycles. The zero-order chi connectivity index (χ0) is 13.4. The van der Waals surface area contributed by atoms with Gasteiger partial charge in [0.1, 0.15) is 17.9 Å². The molecule has 2 heterocycles. The number of nitrogens with zero attached hydrogens (tertiary/aromatic N) is 3. The summed E-state index contributed by atoms with van der Waals surface area (Å²) in [6.45, 7) is 0.0727. The SMILES string of the molecule is CN1C(=O)COc2ccc(-c3cc(N)ncn3)cc21. The van der Waals surface area contributed by atoms with Gasteiger partial charge in [-0.15, -0.1) is 0 Å².